The van der Waals surface area contributed by atoms with E-state index in [4.69, 9.17) is 0 Å². The van der Waals surface area contributed by atoms with Crippen LogP contribution < -0.4 is 4.57 Å². The second-order valence-corrected chi connectivity index (χ2v) is 12.7. The van der Waals surface area contributed by atoms with Crippen LogP contribution in [0.2, 0.25) is 0 Å². The van der Waals surface area contributed by atoms with Crippen LogP contribution >= 0.6 is 0 Å². The first kappa shape index (κ1) is 24.9. The van der Waals surface area contributed by atoms with Crippen molar-refractivity contribution in [1.82, 2.24) is 4.40 Å². The molecule has 5 heteroatoms. The third kappa shape index (κ3) is 3.07. The van der Waals surface area contributed by atoms with Crippen LogP contribution in [-0.4, -0.2) is 10.6 Å². The molecule has 3 aromatic heterocycles. The zero-order chi connectivity index (χ0) is 28.4. The van der Waals surface area contributed by atoms with Gasteiger partial charge in [0, 0.05) is 16.8 Å². The van der Waals surface area contributed by atoms with Crippen molar-refractivity contribution in [2.75, 3.05) is 0 Å². The predicted molar refractivity (Wildman–Crippen MR) is 162 cm³/mol. The quantitative estimate of drug-likeness (QED) is 0.115. The summed E-state index contributed by atoms with van der Waals surface area (Å²) in [6, 6.07) is 20.6. The lowest BCUT2D eigenvalue weighted by atomic mass is 9.79. The number of fused-ring (bicyclic) bond motifs is 7. The van der Waals surface area contributed by atoms with Crippen LogP contribution in [0.25, 0.3) is 59.8 Å². The Morgan fingerprint density at radius 3 is 2.17 bits per heavy atom. The number of nitrogens with zero attached hydrogens (tertiary/aromatic N) is 2. The van der Waals surface area contributed by atoms with E-state index in [2.05, 4.69) is 53.3 Å². The van der Waals surface area contributed by atoms with Gasteiger partial charge in [-0.25, -0.2) is 4.57 Å². The summed E-state index contributed by atoms with van der Waals surface area (Å²) in [6.45, 7) is 4.86. The number of aromatic nitrogens is 2. The molecule has 0 radical (unpaired) electrons. The van der Waals surface area contributed by atoms with Gasteiger partial charge in [-0.05, 0) is 84.5 Å². The lowest BCUT2D eigenvalue weighted by Crippen LogP contribution is -2.36. The molecule has 0 aliphatic heterocycles. The van der Waals surface area contributed by atoms with Crippen LogP contribution in [-0.2, 0) is 12.5 Å². The van der Waals surface area contributed by atoms with Gasteiger partial charge in [-0.15, -0.1) is 0 Å². The average molecular weight is 550 g/mol. The summed E-state index contributed by atoms with van der Waals surface area (Å²) in [6.07, 6.45) is 2.28. The maximum Gasteiger partial charge on any atom is 0.397 e. The van der Waals surface area contributed by atoms with Gasteiger partial charge in [0.15, 0.2) is 6.20 Å². The number of pyridine rings is 2. The Kier molecular flexibility index (Phi) is 4.93. The van der Waals surface area contributed by atoms with Crippen LogP contribution in [0.3, 0.4) is 0 Å². The Morgan fingerprint density at radius 1 is 0.805 bits per heavy atom. The summed E-state index contributed by atoms with van der Waals surface area (Å²) in [5, 5.41) is 7.22. The predicted octanol–water partition coefficient (Wildman–Crippen LogP) is 9.77. The number of para-hydroxylation sites is 1. The van der Waals surface area contributed by atoms with Crippen LogP contribution in [0.5, 0.6) is 0 Å². The van der Waals surface area contributed by atoms with E-state index in [-0.39, 0.29) is 0 Å². The van der Waals surface area contributed by atoms with Crippen LogP contribution in [0.15, 0.2) is 66.9 Å². The Labute approximate surface area is 236 Å². The lowest BCUT2D eigenvalue weighted by molar-refractivity contribution is -0.643. The molecule has 2 nitrogen and oxygen atoms in total. The van der Waals surface area contributed by atoms with E-state index >= 15 is 0 Å². The Hall–Kier alpha value is -3.86. The number of benzene rings is 4. The Bertz CT molecular complexity index is 2190. The molecule has 206 valence electrons. The minimum Gasteiger partial charge on any atom is -0.307 e. The Morgan fingerprint density at radius 2 is 1.46 bits per heavy atom. The molecule has 1 aliphatic rings. The number of aryl methyl sites for hydroxylation is 2. The highest BCUT2D eigenvalue weighted by Gasteiger charge is 2.50. The van der Waals surface area contributed by atoms with Gasteiger partial charge in [-0.2, -0.15) is 13.2 Å². The molecule has 7 aromatic rings. The second kappa shape index (κ2) is 8.12. The van der Waals surface area contributed by atoms with Crippen molar-refractivity contribution >= 4 is 59.8 Å². The van der Waals surface area contributed by atoms with Crippen molar-refractivity contribution in [3.05, 3.63) is 83.6 Å². The van der Waals surface area contributed by atoms with Crippen LogP contribution in [0, 0.1) is 6.92 Å². The van der Waals surface area contributed by atoms with Crippen molar-refractivity contribution in [3.63, 3.8) is 0 Å². The first-order valence-corrected chi connectivity index (χ1v) is 14.6. The van der Waals surface area contributed by atoms with Gasteiger partial charge in [-0.1, -0.05) is 55.3 Å². The normalized spacial score (nSPS) is 15.7. The molecule has 0 N–H and O–H groups in total. The molecule has 1 aliphatic carbocycles. The SMILES string of the molecule is Cc1c2ccccc2c(C2CCCC2)c2c1c1c3c(cc[n+]1C)cc(C(C)(C)C(F)(F)F)c1c4ccccc4n2c13. The van der Waals surface area contributed by atoms with Crippen molar-refractivity contribution < 1.29 is 17.7 Å². The van der Waals surface area contributed by atoms with E-state index in [9.17, 15) is 13.2 Å². The van der Waals surface area contributed by atoms with E-state index < -0.39 is 11.6 Å². The van der Waals surface area contributed by atoms with E-state index in [1.54, 1.807) is 0 Å². The third-order valence-electron chi connectivity index (χ3n) is 10.1. The summed E-state index contributed by atoms with van der Waals surface area (Å²) in [5.41, 5.74) is 5.02. The number of alkyl halides is 3. The molecule has 0 unspecified atom stereocenters. The smallest absolute Gasteiger partial charge is 0.307 e. The molecule has 0 bridgehead atoms. The number of halogens is 3. The highest BCUT2D eigenvalue weighted by molar-refractivity contribution is 6.30. The summed E-state index contributed by atoms with van der Waals surface area (Å²) in [5.74, 6) is 0.409. The monoisotopic (exact) mass is 549 g/mol. The van der Waals surface area contributed by atoms with Crippen LogP contribution in [0.1, 0.15) is 62.1 Å². The fraction of sp³-hybridized carbons (Fsp3) is 0.306. The van der Waals surface area contributed by atoms with Crippen molar-refractivity contribution in [2.24, 2.45) is 7.05 Å². The van der Waals surface area contributed by atoms with Crippen molar-refractivity contribution in [2.45, 2.75) is 64.0 Å². The molecule has 0 amide bonds. The molecular weight excluding hydrogens is 517 g/mol. The minimum absolute atomic E-state index is 0.339. The Balaban J connectivity index is 1.78. The molecule has 1 saturated carbocycles. The van der Waals surface area contributed by atoms with Gasteiger partial charge >= 0.3 is 6.18 Å². The van der Waals surface area contributed by atoms with E-state index in [0.717, 1.165) is 56.5 Å². The lowest BCUT2D eigenvalue weighted by Gasteiger charge is -2.30. The molecule has 0 atom stereocenters. The largest absolute Gasteiger partial charge is 0.397 e. The highest BCUT2D eigenvalue weighted by atomic mass is 19.4. The number of rotatable bonds is 2. The maximum absolute atomic E-state index is 14.7. The summed E-state index contributed by atoms with van der Waals surface area (Å²) in [4.78, 5) is 0. The minimum atomic E-state index is -4.40. The number of hydrogen-bond donors (Lipinski definition) is 0. The fourth-order valence-corrected chi connectivity index (χ4v) is 7.96. The molecule has 3 heterocycles. The van der Waals surface area contributed by atoms with Gasteiger partial charge < -0.3 is 4.40 Å². The molecular formula is C36H32F3N2+. The standard InChI is InChI=1S/C36H32F3N2/c1-20-23-13-7-8-14-24(23)29(21-11-5-6-12-21)33-28(20)32-30-22(17-18-40(32)4)19-26(35(2,3)36(37,38)39)31-25-15-9-10-16-27(25)41(33)34(30)31/h7-10,13-19,21H,5-6,11-12H2,1-4H3/q+1. The number of hydrogen-bond acceptors (Lipinski definition) is 0. The third-order valence-corrected chi connectivity index (χ3v) is 10.1. The van der Waals surface area contributed by atoms with E-state index in [1.807, 2.05) is 36.5 Å². The van der Waals surface area contributed by atoms with Crippen molar-refractivity contribution in [3.8, 4) is 0 Å². The highest BCUT2D eigenvalue weighted by Crippen LogP contribution is 2.52. The van der Waals surface area contributed by atoms with Gasteiger partial charge in [0.1, 0.15) is 7.05 Å². The van der Waals surface area contributed by atoms with Gasteiger partial charge in [-0.3, -0.25) is 0 Å². The molecule has 0 saturated heterocycles. The molecule has 1 fully saturated rings. The topological polar surface area (TPSA) is 8.29 Å². The van der Waals surface area contributed by atoms with Crippen molar-refractivity contribution in [1.29, 1.82) is 0 Å². The van der Waals surface area contributed by atoms with Crippen LogP contribution in [0.4, 0.5) is 13.2 Å². The van der Waals surface area contributed by atoms with E-state index in [0.29, 0.717) is 11.5 Å². The first-order valence-electron chi connectivity index (χ1n) is 14.6. The molecule has 8 rings (SSSR count). The first-order chi connectivity index (χ1) is 19.6. The maximum atomic E-state index is 14.7. The zero-order valence-electron chi connectivity index (χ0n) is 23.8. The molecule has 0 spiro atoms. The van der Waals surface area contributed by atoms with E-state index in [1.165, 1.54) is 54.0 Å². The second-order valence-electron chi connectivity index (χ2n) is 12.7. The van der Waals surface area contributed by atoms with Gasteiger partial charge in [0.2, 0.25) is 5.52 Å². The summed E-state index contributed by atoms with van der Waals surface area (Å²) in [7, 11) is 2.07. The fourth-order valence-electron chi connectivity index (χ4n) is 7.96. The van der Waals surface area contributed by atoms with Gasteiger partial charge in [0.05, 0.1) is 32.7 Å². The molecule has 41 heavy (non-hydrogen) atoms. The average Bonchev–Trinajstić information content (AvgIpc) is 3.60. The molecule has 4 aromatic carbocycles. The summed E-state index contributed by atoms with van der Waals surface area (Å²) < 4.78 is 48.7. The van der Waals surface area contributed by atoms with Gasteiger partial charge in [0.25, 0.3) is 0 Å². The summed E-state index contributed by atoms with van der Waals surface area (Å²) >= 11 is 0. The zero-order valence-corrected chi connectivity index (χ0v) is 23.8.